The zero-order valence-corrected chi connectivity index (χ0v) is 11.9. The number of aliphatic hydroxyl groups excluding tert-OH is 1. The van der Waals surface area contributed by atoms with Gasteiger partial charge >= 0.3 is 0 Å². The number of hydrogen-bond donors (Lipinski definition) is 1. The Hall–Kier alpha value is -0.420. The second kappa shape index (κ2) is 6.50. The van der Waals surface area contributed by atoms with Crippen LogP contribution in [0.1, 0.15) is 29.9 Å². The van der Waals surface area contributed by atoms with E-state index >= 15 is 0 Å². The number of rotatable bonds is 6. The van der Waals surface area contributed by atoms with Crippen LogP contribution in [0.15, 0.2) is 12.1 Å². The van der Waals surface area contributed by atoms with Gasteiger partial charge in [-0.1, -0.05) is 11.6 Å². The second-order valence-electron chi connectivity index (χ2n) is 4.26. The summed E-state index contributed by atoms with van der Waals surface area (Å²) in [6, 6.07) is 3.31. The van der Waals surface area contributed by atoms with E-state index in [0.29, 0.717) is 22.2 Å². The highest BCUT2D eigenvalue weighted by Gasteiger charge is 2.21. The number of nitrogens with zero attached hydrogens (tertiary/aromatic N) is 1. The van der Waals surface area contributed by atoms with Crippen LogP contribution in [-0.4, -0.2) is 41.5 Å². The van der Waals surface area contributed by atoms with Crippen molar-refractivity contribution in [2.45, 2.75) is 32.4 Å². The van der Waals surface area contributed by atoms with Gasteiger partial charge in [0.1, 0.15) is 0 Å². The molecule has 0 aromatic carbocycles. The molecule has 96 valence electrons. The lowest BCUT2D eigenvalue weighted by Crippen LogP contribution is -2.37. The van der Waals surface area contributed by atoms with Crippen molar-refractivity contribution >= 4 is 28.7 Å². The molecule has 1 aromatic heterocycles. The first-order valence-electron chi connectivity index (χ1n) is 5.59. The van der Waals surface area contributed by atoms with Gasteiger partial charge in [0.2, 0.25) is 0 Å². The molecular weight excluding hydrogens is 258 g/mol. The average molecular weight is 276 g/mol. The van der Waals surface area contributed by atoms with Crippen molar-refractivity contribution in [1.82, 2.24) is 4.90 Å². The standard InChI is InChI=1S/C12H18ClNO2S/c1-8(15)6-7-14(3)9(2)12(16)10-4-5-11(13)17-10/h4-5,8-9,15H,6-7H2,1-3H3. The molecule has 2 atom stereocenters. The van der Waals surface area contributed by atoms with Gasteiger partial charge in [-0.3, -0.25) is 9.69 Å². The third-order valence-corrected chi connectivity index (χ3v) is 4.00. The highest BCUT2D eigenvalue weighted by Crippen LogP contribution is 2.23. The molecule has 0 aliphatic rings. The van der Waals surface area contributed by atoms with Crippen molar-refractivity contribution in [2.75, 3.05) is 13.6 Å². The fourth-order valence-corrected chi connectivity index (χ4v) is 2.50. The maximum absolute atomic E-state index is 12.1. The molecule has 1 rings (SSSR count). The van der Waals surface area contributed by atoms with Crippen molar-refractivity contribution in [3.05, 3.63) is 21.3 Å². The quantitative estimate of drug-likeness (QED) is 0.812. The summed E-state index contributed by atoms with van der Waals surface area (Å²) < 4.78 is 0.632. The third kappa shape index (κ3) is 4.39. The van der Waals surface area contributed by atoms with E-state index in [1.807, 2.05) is 18.9 Å². The minimum absolute atomic E-state index is 0.0787. The van der Waals surface area contributed by atoms with Crippen molar-refractivity contribution in [3.63, 3.8) is 0 Å². The zero-order chi connectivity index (χ0) is 13.0. The average Bonchev–Trinajstić information content (AvgIpc) is 2.70. The first-order valence-corrected chi connectivity index (χ1v) is 6.79. The Kier molecular flexibility index (Phi) is 5.59. The van der Waals surface area contributed by atoms with Crippen LogP contribution in [0.2, 0.25) is 4.34 Å². The van der Waals surface area contributed by atoms with Gasteiger partial charge in [-0.05, 0) is 39.4 Å². The van der Waals surface area contributed by atoms with E-state index in [4.69, 9.17) is 11.6 Å². The molecule has 0 saturated carbocycles. The topological polar surface area (TPSA) is 40.5 Å². The van der Waals surface area contributed by atoms with Gasteiger partial charge in [-0.2, -0.15) is 0 Å². The summed E-state index contributed by atoms with van der Waals surface area (Å²) in [6.07, 6.45) is 0.329. The van der Waals surface area contributed by atoms with Crippen molar-refractivity contribution in [1.29, 1.82) is 0 Å². The van der Waals surface area contributed by atoms with Gasteiger partial charge in [-0.25, -0.2) is 0 Å². The van der Waals surface area contributed by atoms with E-state index < -0.39 is 0 Å². The van der Waals surface area contributed by atoms with E-state index in [1.54, 1.807) is 19.1 Å². The van der Waals surface area contributed by atoms with Crippen LogP contribution in [0.3, 0.4) is 0 Å². The smallest absolute Gasteiger partial charge is 0.189 e. The molecule has 0 fully saturated rings. The summed E-state index contributed by atoms with van der Waals surface area (Å²) in [5, 5.41) is 9.22. The summed E-state index contributed by atoms with van der Waals surface area (Å²) in [4.78, 5) is 14.7. The third-order valence-electron chi connectivity index (χ3n) is 2.76. The van der Waals surface area contributed by atoms with E-state index in [-0.39, 0.29) is 17.9 Å². The maximum atomic E-state index is 12.1. The summed E-state index contributed by atoms with van der Waals surface area (Å²) in [6.45, 7) is 4.32. The van der Waals surface area contributed by atoms with E-state index in [2.05, 4.69) is 0 Å². The maximum Gasteiger partial charge on any atom is 0.189 e. The van der Waals surface area contributed by atoms with Gasteiger partial charge in [0.05, 0.1) is 21.4 Å². The Balaban J connectivity index is 2.57. The highest BCUT2D eigenvalue weighted by molar-refractivity contribution is 7.18. The minimum atomic E-state index is -0.337. The highest BCUT2D eigenvalue weighted by atomic mass is 35.5. The second-order valence-corrected chi connectivity index (χ2v) is 5.98. The number of hydrogen-bond acceptors (Lipinski definition) is 4. The predicted octanol–water partition coefficient (Wildman–Crippen LogP) is 2.68. The lowest BCUT2D eigenvalue weighted by atomic mass is 10.1. The Morgan fingerprint density at radius 3 is 2.65 bits per heavy atom. The molecule has 0 radical (unpaired) electrons. The molecule has 0 aliphatic heterocycles. The van der Waals surface area contributed by atoms with Gasteiger partial charge in [0.25, 0.3) is 0 Å². The van der Waals surface area contributed by atoms with E-state index in [1.165, 1.54) is 11.3 Å². The molecular formula is C12H18ClNO2S. The molecule has 5 heteroatoms. The number of likely N-dealkylation sites (N-methyl/N-ethyl adjacent to an activating group) is 1. The Morgan fingerprint density at radius 1 is 1.53 bits per heavy atom. The van der Waals surface area contributed by atoms with Crippen molar-refractivity contribution in [3.8, 4) is 0 Å². The largest absolute Gasteiger partial charge is 0.393 e. The van der Waals surface area contributed by atoms with Crippen LogP contribution in [0, 0.1) is 0 Å². The molecule has 3 nitrogen and oxygen atoms in total. The molecule has 0 bridgehead atoms. The van der Waals surface area contributed by atoms with Gasteiger partial charge in [-0.15, -0.1) is 11.3 Å². The van der Waals surface area contributed by atoms with Crippen LogP contribution >= 0.6 is 22.9 Å². The van der Waals surface area contributed by atoms with Crippen LogP contribution in [0.25, 0.3) is 0 Å². The SMILES string of the molecule is CC(O)CCN(C)C(C)C(=O)c1ccc(Cl)s1. The van der Waals surface area contributed by atoms with Crippen LogP contribution in [-0.2, 0) is 0 Å². The first kappa shape index (κ1) is 14.6. The van der Waals surface area contributed by atoms with Crippen molar-refractivity contribution < 1.29 is 9.90 Å². The lowest BCUT2D eigenvalue weighted by molar-refractivity contribution is 0.0848. The Labute approximate surface area is 111 Å². The number of thiophene rings is 1. The number of halogens is 1. The van der Waals surface area contributed by atoms with E-state index in [9.17, 15) is 9.90 Å². The monoisotopic (exact) mass is 275 g/mol. The van der Waals surface area contributed by atoms with Crippen molar-refractivity contribution in [2.24, 2.45) is 0 Å². The number of ketones is 1. The molecule has 1 heterocycles. The zero-order valence-electron chi connectivity index (χ0n) is 10.3. The molecule has 0 spiro atoms. The molecule has 1 N–H and O–H groups in total. The summed E-state index contributed by atoms with van der Waals surface area (Å²) in [5.74, 6) is 0.0787. The van der Waals surface area contributed by atoms with Crippen LogP contribution in [0.4, 0.5) is 0 Å². The molecule has 1 aromatic rings. The molecule has 17 heavy (non-hydrogen) atoms. The number of carbonyl (C=O) groups excluding carboxylic acids is 1. The number of aliphatic hydroxyl groups is 1. The minimum Gasteiger partial charge on any atom is -0.393 e. The predicted molar refractivity (Wildman–Crippen MR) is 72.0 cm³/mol. The Bertz CT molecular complexity index is 378. The van der Waals surface area contributed by atoms with Crippen LogP contribution < -0.4 is 0 Å². The molecule has 0 amide bonds. The summed E-state index contributed by atoms with van der Waals surface area (Å²) >= 11 is 7.12. The fraction of sp³-hybridized carbons (Fsp3) is 0.583. The van der Waals surface area contributed by atoms with Gasteiger partial charge in [0, 0.05) is 6.54 Å². The van der Waals surface area contributed by atoms with Crippen LogP contribution in [0.5, 0.6) is 0 Å². The molecule has 0 aliphatic carbocycles. The normalized spacial score (nSPS) is 14.9. The lowest BCUT2D eigenvalue weighted by Gasteiger charge is -2.23. The molecule has 0 saturated heterocycles. The number of carbonyl (C=O) groups is 1. The summed E-state index contributed by atoms with van der Waals surface area (Å²) in [7, 11) is 1.89. The fourth-order valence-electron chi connectivity index (χ4n) is 1.44. The number of Topliss-reactive ketones (excluding diaryl/α,β-unsaturated/α-hetero) is 1. The van der Waals surface area contributed by atoms with Gasteiger partial charge in [0.15, 0.2) is 5.78 Å². The first-order chi connectivity index (χ1) is 7.91. The van der Waals surface area contributed by atoms with E-state index in [0.717, 1.165) is 0 Å². The van der Waals surface area contributed by atoms with Gasteiger partial charge < -0.3 is 5.11 Å². The molecule has 2 unspecified atom stereocenters. The summed E-state index contributed by atoms with van der Waals surface area (Å²) in [5.41, 5.74) is 0. The Morgan fingerprint density at radius 2 is 2.18 bits per heavy atom.